The minimum absolute atomic E-state index is 0.823. The first-order valence-corrected chi connectivity index (χ1v) is 17.8. The normalized spacial score (nSPS) is 11.9. The van der Waals surface area contributed by atoms with Gasteiger partial charge in [-0.1, -0.05) is 158 Å². The summed E-state index contributed by atoms with van der Waals surface area (Å²) >= 11 is 0. The minimum atomic E-state index is 0.823. The van der Waals surface area contributed by atoms with E-state index in [1.807, 2.05) is 55.6 Å². The fraction of sp³-hybridized carbons (Fsp3) is 0.0200. The van der Waals surface area contributed by atoms with Gasteiger partial charge in [-0.3, -0.25) is 4.90 Å². The van der Waals surface area contributed by atoms with Gasteiger partial charge < -0.3 is 0 Å². The standard InChI is InChI=1S/C50H36N2/c1-3-4-7-17-34(2)52(45-26-14-15-33-51-45)38-29-27-35(28-30-38)39-31-32-44-48-40(39)24-16-25-43(48)49-46(36-18-8-5-9-19-36)41-22-12-13-23-42(41)47(50(44)49)37-20-10-6-11-21-37/h3-33H,2H2,1H3/b4-3-,17-7-. The van der Waals surface area contributed by atoms with Crippen LogP contribution in [-0.2, 0) is 0 Å². The molecule has 0 saturated heterocycles. The number of hydrogen-bond donors (Lipinski definition) is 0. The van der Waals surface area contributed by atoms with E-state index in [1.54, 1.807) is 0 Å². The van der Waals surface area contributed by atoms with Gasteiger partial charge in [-0.05, 0) is 114 Å². The van der Waals surface area contributed by atoms with Gasteiger partial charge in [-0.15, -0.1) is 0 Å². The molecule has 0 radical (unpaired) electrons. The largest absolute Gasteiger partial charge is 0.296 e. The van der Waals surface area contributed by atoms with Crippen molar-refractivity contribution in [3.8, 4) is 55.6 Å². The Morgan fingerprint density at radius 1 is 0.500 bits per heavy atom. The average Bonchev–Trinajstić information content (AvgIpc) is 3.53. The van der Waals surface area contributed by atoms with Gasteiger partial charge in [0.25, 0.3) is 0 Å². The molecule has 0 aliphatic heterocycles. The topological polar surface area (TPSA) is 16.1 Å². The van der Waals surface area contributed by atoms with Crippen LogP contribution in [0.3, 0.4) is 0 Å². The molecule has 0 spiro atoms. The van der Waals surface area contributed by atoms with Crippen LogP contribution in [0, 0.1) is 0 Å². The highest BCUT2D eigenvalue weighted by Gasteiger charge is 2.31. The van der Waals surface area contributed by atoms with Crippen molar-refractivity contribution in [1.82, 2.24) is 4.98 Å². The van der Waals surface area contributed by atoms with Crippen molar-refractivity contribution in [2.45, 2.75) is 6.92 Å². The van der Waals surface area contributed by atoms with Crippen LogP contribution in [0.5, 0.6) is 0 Å². The van der Waals surface area contributed by atoms with E-state index < -0.39 is 0 Å². The van der Waals surface area contributed by atoms with Gasteiger partial charge in [0, 0.05) is 17.6 Å². The molecule has 52 heavy (non-hydrogen) atoms. The molecular formula is C50H36N2. The SMILES string of the molecule is C=C(/C=C\C=C/C)N(c1ccc(-c2ccc3c4c(cccc24)-c2c-3c(-c3ccccc3)c3ccccc3c2-c2ccccc2)cc1)c1ccccn1. The molecule has 0 unspecified atom stereocenters. The highest BCUT2D eigenvalue weighted by molar-refractivity contribution is 6.28. The molecule has 0 atom stereocenters. The summed E-state index contributed by atoms with van der Waals surface area (Å²) in [5.74, 6) is 0.823. The predicted molar refractivity (Wildman–Crippen MR) is 222 cm³/mol. The first-order valence-electron chi connectivity index (χ1n) is 17.8. The molecule has 1 aliphatic carbocycles. The lowest BCUT2D eigenvalue weighted by Crippen LogP contribution is -2.15. The zero-order chi connectivity index (χ0) is 35.0. The highest BCUT2D eigenvalue weighted by atomic mass is 15.2. The third kappa shape index (κ3) is 5.16. The van der Waals surface area contributed by atoms with Crippen LogP contribution in [0.15, 0.2) is 201 Å². The Bertz CT molecular complexity index is 2580. The molecule has 1 heterocycles. The number of nitrogens with zero attached hydrogens (tertiary/aromatic N) is 2. The van der Waals surface area contributed by atoms with E-state index in [9.17, 15) is 0 Å². The van der Waals surface area contributed by atoms with Crippen molar-refractivity contribution in [2.24, 2.45) is 0 Å². The molecular weight excluding hydrogens is 629 g/mol. The predicted octanol–water partition coefficient (Wildman–Crippen LogP) is 13.8. The average molecular weight is 665 g/mol. The summed E-state index contributed by atoms with van der Waals surface area (Å²) in [5, 5.41) is 5.10. The van der Waals surface area contributed by atoms with E-state index in [1.165, 1.54) is 71.6 Å². The van der Waals surface area contributed by atoms with Crippen LogP contribution < -0.4 is 4.90 Å². The number of hydrogen-bond acceptors (Lipinski definition) is 2. The fourth-order valence-electron chi connectivity index (χ4n) is 7.94. The fourth-order valence-corrected chi connectivity index (χ4v) is 7.94. The van der Waals surface area contributed by atoms with Crippen molar-refractivity contribution >= 4 is 33.1 Å². The molecule has 0 saturated carbocycles. The Balaban J connectivity index is 1.25. The molecule has 2 nitrogen and oxygen atoms in total. The Morgan fingerprint density at radius 3 is 1.69 bits per heavy atom. The van der Waals surface area contributed by atoms with E-state index in [2.05, 4.69) is 156 Å². The second-order valence-electron chi connectivity index (χ2n) is 13.1. The molecule has 1 aliphatic rings. The first-order chi connectivity index (χ1) is 25.7. The number of pyridine rings is 1. The molecule has 9 rings (SSSR count). The van der Waals surface area contributed by atoms with Crippen LogP contribution in [0.2, 0.25) is 0 Å². The zero-order valence-corrected chi connectivity index (χ0v) is 29.0. The third-order valence-corrected chi connectivity index (χ3v) is 10.1. The van der Waals surface area contributed by atoms with Crippen molar-refractivity contribution in [2.75, 3.05) is 4.90 Å². The van der Waals surface area contributed by atoms with Crippen LogP contribution in [0.1, 0.15) is 6.92 Å². The van der Waals surface area contributed by atoms with Gasteiger partial charge in [0.15, 0.2) is 0 Å². The van der Waals surface area contributed by atoms with Crippen LogP contribution in [0.4, 0.5) is 11.5 Å². The molecule has 2 heteroatoms. The van der Waals surface area contributed by atoms with Gasteiger partial charge in [0.05, 0.1) is 0 Å². The van der Waals surface area contributed by atoms with Crippen LogP contribution >= 0.6 is 0 Å². The summed E-state index contributed by atoms with van der Waals surface area (Å²) < 4.78 is 0. The van der Waals surface area contributed by atoms with Gasteiger partial charge in [0.1, 0.15) is 5.82 Å². The number of allylic oxidation sites excluding steroid dienone is 4. The van der Waals surface area contributed by atoms with Gasteiger partial charge in [0.2, 0.25) is 0 Å². The molecule has 1 aromatic heterocycles. The summed E-state index contributed by atoms with van der Waals surface area (Å²) in [6.07, 6.45) is 9.85. The molecule has 7 aromatic carbocycles. The lowest BCUT2D eigenvalue weighted by atomic mass is 9.82. The minimum Gasteiger partial charge on any atom is -0.296 e. The number of fused-ring (bicyclic) bond motifs is 4. The maximum atomic E-state index is 4.66. The van der Waals surface area contributed by atoms with Gasteiger partial charge in [-0.2, -0.15) is 0 Å². The summed E-state index contributed by atoms with van der Waals surface area (Å²) in [5.41, 5.74) is 14.5. The second kappa shape index (κ2) is 13.2. The van der Waals surface area contributed by atoms with Crippen molar-refractivity contribution in [3.63, 3.8) is 0 Å². The Hall–Kier alpha value is -6.77. The monoisotopic (exact) mass is 664 g/mol. The summed E-state index contributed by atoms with van der Waals surface area (Å²) in [7, 11) is 0. The van der Waals surface area contributed by atoms with E-state index in [0.29, 0.717) is 0 Å². The number of rotatable bonds is 8. The van der Waals surface area contributed by atoms with Crippen molar-refractivity contribution in [3.05, 3.63) is 201 Å². The smallest absolute Gasteiger partial charge is 0.137 e. The molecule has 0 N–H and O–H groups in total. The Labute approximate surface area is 305 Å². The van der Waals surface area contributed by atoms with Gasteiger partial charge >= 0.3 is 0 Å². The summed E-state index contributed by atoms with van der Waals surface area (Å²) in [4.78, 5) is 6.76. The lowest BCUT2D eigenvalue weighted by molar-refractivity contribution is 1.14. The van der Waals surface area contributed by atoms with Crippen LogP contribution in [0.25, 0.3) is 77.2 Å². The van der Waals surface area contributed by atoms with E-state index >= 15 is 0 Å². The maximum absolute atomic E-state index is 4.66. The van der Waals surface area contributed by atoms with E-state index in [-0.39, 0.29) is 0 Å². The number of benzene rings is 7. The maximum Gasteiger partial charge on any atom is 0.137 e. The quantitative estimate of drug-likeness (QED) is 0.150. The first kappa shape index (κ1) is 31.2. The summed E-state index contributed by atoms with van der Waals surface area (Å²) in [6, 6.07) is 57.0. The van der Waals surface area contributed by atoms with Gasteiger partial charge in [-0.25, -0.2) is 4.98 Å². The molecule has 0 bridgehead atoms. The van der Waals surface area contributed by atoms with E-state index in [0.717, 1.165) is 22.8 Å². The Morgan fingerprint density at radius 2 is 1.08 bits per heavy atom. The molecule has 0 amide bonds. The zero-order valence-electron chi connectivity index (χ0n) is 29.0. The van der Waals surface area contributed by atoms with Crippen LogP contribution in [-0.4, -0.2) is 4.98 Å². The Kier molecular flexibility index (Phi) is 7.91. The number of anilines is 2. The summed E-state index contributed by atoms with van der Waals surface area (Å²) in [6.45, 7) is 6.40. The molecule has 0 fully saturated rings. The molecule has 8 aromatic rings. The van der Waals surface area contributed by atoms with Crippen molar-refractivity contribution < 1.29 is 0 Å². The van der Waals surface area contributed by atoms with E-state index in [4.69, 9.17) is 0 Å². The molecule has 246 valence electrons. The number of aromatic nitrogens is 1. The van der Waals surface area contributed by atoms with Crippen molar-refractivity contribution in [1.29, 1.82) is 0 Å². The lowest BCUT2D eigenvalue weighted by Gasteiger charge is -2.24. The third-order valence-electron chi connectivity index (χ3n) is 10.1. The second-order valence-corrected chi connectivity index (χ2v) is 13.1. The highest BCUT2D eigenvalue weighted by Crippen LogP contribution is 2.58.